The summed E-state index contributed by atoms with van der Waals surface area (Å²) in [7, 11) is 0. The molecule has 2 aromatic rings. The van der Waals surface area contributed by atoms with Crippen LogP contribution in [0, 0.1) is 18.3 Å². The molecule has 4 nitrogen and oxygen atoms in total. The zero-order valence-corrected chi connectivity index (χ0v) is 14.9. The molecule has 0 saturated carbocycles. The van der Waals surface area contributed by atoms with Gasteiger partial charge in [-0.2, -0.15) is 5.26 Å². The van der Waals surface area contributed by atoms with Gasteiger partial charge in [0.25, 0.3) is 5.91 Å². The first kappa shape index (κ1) is 17.3. The maximum absolute atomic E-state index is 12.4. The number of nitriles is 1. The van der Waals surface area contributed by atoms with Crippen LogP contribution in [0.4, 0.5) is 5.69 Å². The summed E-state index contributed by atoms with van der Waals surface area (Å²) in [5, 5.41) is 13.0. The van der Waals surface area contributed by atoms with Crippen LogP contribution in [0.1, 0.15) is 34.3 Å². The number of carbonyl (C=O) groups is 1. The number of nitrogens with zero attached hydrogens (tertiary/aromatic N) is 2. The lowest BCUT2D eigenvalue weighted by atomic mass is 10.0. The van der Waals surface area contributed by atoms with Crippen molar-refractivity contribution < 1.29 is 4.79 Å². The fraction of sp³-hybridized carbons (Fsp3) is 0.300. The van der Waals surface area contributed by atoms with Gasteiger partial charge in [0.1, 0.15) is 6.07 Å². The molecule has 0 aromatic heterocycles. The van der Waals surface area contributed by atoms with Gasteiger partial charge in [-0.3, -0.25) is 4.79 Å². The van der Waals surface area contributed by atoms with Crippen molar-refractivity contribution in [1.29, 1.82) is 5.26 Å². The van der Waals surface area contributed by atoms with Gasteiger partial charge in [0.2, 0.25) is 0 Å². The van der Waals surface area contributed by atoms with Crippen LogP contribution >= 0.6 is 11.6 Å². The van der Waals surface area contributed by atoms with Gasteiger partial charge < -0.3 is 10.2 Å². The number of benzene rings is 2. The fourth-order valence-electron chi connectivity index (χ4n) is 3.23. The van der Waals surface area contributed by atoms with Gasteiger partial charge in [-0.05, 0) is 49.6 Å². The Hall–Kier alpha value is -2.51. The number of hydrogen-bond donors (Lipinski definition) is 1. The summed E-state index contributed by atoms with van der Waals surface area (Å²) in [5.74, 6) is -0.0132. The van der Waals surface area contributed by atoms with Crippen molar-refractivity contribution in [1.82, 2.24) is 5.32 Å². The number of piperidine rings is 1. The standard InChI is InChI=1S/C20H20ClN3O/c1-14-4-2-3-5-18(14)20(25)23-17-8-10-24(11-9-17)19-7-6-16(21)12-15(19)13-22/h2-7,12,17H,8-11H2,1H3,(H,23,25). The Balaban J connectivity index is 1.62. The second-order valence-corrected chi connectivity index (χ2v) is 6.76. The van der Waals surface area contributed by atoms with E-state index in [0.29, 0.717) is 10.6 Å². The van der Waals surface area contributed by atoms with E-state index in [-0.39, 0.29) is 11.9 Å². The molecule has 0 aliphatic carbocycles. The first-order valence-electron chi connectivity index (χ1n) is 8.39. The molecule has 1 amide bonds. The highest BCUT2D eigenvalue weighted by Gasteiger charge is 2.23. The minimum atomic E-state index is -0.0132. The van der Waals surface area contributed by atoms with E-state index in [9.17, 15) is 10.1 Å². The molecule has 128 valence electrons. The number of amides is 1. The van der Waals surface area contributed by atoms with E-state index in [1.54, 1.807) is 6.07 Å². The maximum atomic E-state index is 12.4. The first-order chi connectivity index (χ1) is 12.1. The van der Waals surface area contributed by atoms with Gasteiger partial charge in [-0.25, -0.2) is 0 Å². The van der Waals surface area contributed by atoms with E-state index in [1.807, 2.05) is 43.3 Å². The predicted octanol–water partition coefficient (Wildman–Crippen LogP) is 3.92. The van der Waals surface area contributed by atoms with Crippen molar-refractivity contribution in [3.8, 4) is 6.07 Å². The van der Waals surface area contributed by atoms with E-state index in [1.165, 1.54) is 0 Å². The summed E-state index contributed by atoms with van der Waals surface area (Å²) in [4.78, 5) is 14.6. The van der Waals surface area contributed by atoms with Crippen LogP contribution in [-0.4, -0.2) is 25.0 Å². The fourth-order valence-corrected chi connectivity index (χ4v) is 3.40. The smallest absolute Gasteiger partial charge is 0.251 e. The van der Waals surface area contributed by atoms with Crippen LogP contribution in [0.15, 0.2) is 42.5 Å². The van der Waals surface area contributed by atoms with Crippen LogP contribution in [0.25, 0.3) is 0 Å². The summed E-state index contributed by atoms with van der Waals surface area (Å²) in [5.41, 5.74) is 3.22. The summed E-state index contributed by atoms with van der Waals surface area (Å²) in [6, 6.07) is 15.4. The number of carbonyl (C=O) groups excluding carboxylic acids is 1. The third kappa shape index (κ3) is 3.94. The number of anilines is 1. The van der Waals surface area contributed by atoms with Crippen molar-refractivity contribution in [2.75, 3.05) is 18.0 Å². The molecule has 0 unspecified atom stereocenters. The van der Waals surface area contributed by atoms with Crippen molar-refractivity contribution in [3.05, 3.63) is 64.2 Å². The molecule has 0 radical (unpaired) electrons. The number of aryl methyl sites for hydroxylation is 1. The van der Waals surface area contributed by atoms with Crippen LogP contribution < -0.4 is 10.2 Å². The third-order valence-electron chi connectivity index (χ3n) is 4.64. The van der Waals surface area contributed by atoms with E-state index in [4.69, 9.17) is 11.6 Å². The van der Waals surface area contributed by atoms with Crippen molar-refractivity contribution >= 4 is 23.2 Å². The Morgan fingerprint density at radius 3 is 2.64 bits per heavy atom. The van der Waals surface area contributed by atoms with Crippen molar-refractivity contribution in [2.45, 2.75) is 25.8 Å². The van der Waals surface area contributed by atoms with E-state index in [2.05, 4.69) is 16.3 Å². The monoisotopic (exact) mass is 353 g/mol. The number of hydrogen-bond acceptors (Lipinski definition) is 3. The minimum absolute atomic E-state index is 0.0132. The average Bonchev–Trinajstić information content (AvgIpc) is 2.62. The molecule has 2 aromatic carbocycles. The number of halogens is 1. The molecule has 3 rings (SSSR count). The molecule has 1 N–H and O–H groups in total. The first-order valence-corrected chi connectivity index (χ1v) is 8.77. The van der Waals surface area contributed by atoms with Crippen molar-refractivity contribution in [2.24, 2.45) is 0 Å². The van der Waals surface area contributed by atoms with E-state index < -0.39 is 0 Å². The third-order valence-corrected chi connectivity index (χ3v) is 4.87. The normalized spacial score (nSPS) is 14.8. The highest BCUT2D eigenvalue weighted by atomic mass is 35.5. The van der Waals surface area contributed by atoms with Gasteiger partial charge >= 0.3 is 0 Å². The Morgan fingerprint density at radius 1 is 1.24 bits per heavy atom. The van der Waals surface area contributed by atoms with E-state index in [0.717, 1.165) is 42.7 Å². The van der Waals surface area contributed by atoms with Crippen molar-refractivity contribution in [3.63, 3.8) is 0 Å². The largest absolute Gasteiger partial charge is 0.370 e. The molecule has 0 atom stereocenters. The molecule has 1 saturated heterocycles. The summed E-state index contributed by atoms with van der Waals surface area (Å²) in [6.07, 6.45) is 1.70. The summed E-state index contributed by atoms with van der Waals surface area (Å²) >= 11 is 5.97. The molecule has 1 heterocycles. The quantitative estimate of drug-likeness (QED) is 0.909. The SMILES string of the molecule is Cc1ccccc1C(=O)NC1CCN(c2ccc(Cl)cc2C#N)CC1. The second-order valence-electron chi connectivity index (χ2n) is 6.32. The molecule has 5 heteroatoms. The Kier molecular flexibility index (Phi) is 5.25. The molecular formula is C20H20ClN3O. The maximum Gasteiger partial charge on any atom is 0.251 e. The Labute approximate surface area is 153 Å². The molecule has 1 aliphatic rings. The Morgan fingerprint density at radius 2 is 1.96 bits per heavy atom. The van der Waals surface area contributed by atoms with E-state index >= 15 is 0 Å². The number of rotatable bonds is 3. The molecule has 0 bridgehead atoms. The van der Waals surface area contributed by atoms with Gasteiger partial charge in [0.15, 0.2) is 0 Å². The molecule has 1 fully saturated rings. The van der Waals surface area contributed by atoms with Crippen LogP contribution in [0.3, 0.4) is 0 Å². The van der Waals surface area contributed by atoms with Crippen LogP contribution in [0.2, 0.25) is 5.02 Å². The lowest BCUT2D eigenvalue weighted by Gasteiger charge is -2.34. The van der Waals surface area contributed by atoms with Gasteiger partial charge in [-0.1, -0.05) is 29.8 Å². The summed E-state index contributed by atoms with van der Waals surface area (Å²) in [6.45, 7) is 3.55. The predicted molar refractivity (Wildman–Crippen MR) is 100 cm³/mol. The highest BCUT2D eigenvalue weighted by molar-refractivity contribution is 6.30. The topological polar surface area (TPSA) is 56.1 Å². The number of nitrogens with one attached hydrogen (secondary N) is 1. The lowest BCUT2D eigenvalue weighted by Crippen LogP contribution is -2.45. The average molecular weight is 354 g/mol. The molecule has 1 aliphatic heterocycles. The van der Waals surface area contributed by atoms with Gasteiger partial charge in [0.05, 0.1) is 11.3 Å². The molecule has 25 heavy (non-hydrogen) atoms. The van der Waals surface area contributed by atoms with Gasteiger partial charge in [0, 0.05) is 29.7 Å². The Bertz CT molecular complexity index is 820. The summed E-state index contributed by atoms with van der Waals surface area (Å²) < 4.78 is 0. The zero-order valence-electron chi connectivity index (χ0n) is 14.1. The molecular weight excluding hydrogens is 334 g/mol. The zero-order chi connectivity index (χ0) is 17.8. The highest BCUT2D eigenvalue weighted by Crippen LogP contribution is 2.26. The van der Waals surface area contributed by atoms with Gasteiger partial charge in [-0.15, -0.1) is 0 Å². The minimum Gasteiger partial charge on any atom is -0.370 e. The molecule has 0 spiro atoms. The van der Waals surface area contributed by atoms with Crippen LogP contribution in [0.5, 0.6) is 0 Å². The van der Waals surface area contributed by atoms with Crippen LogP contribution in [-0.2, 0) is 0 Å². The lowest BCUT2D eigenvalue weighted by molar-refractivity contribution is 0.0930. The second kappa shape index (κ2) is 7.58.